The number of piperazine rings is 1. The molecular weight excluding hydrogens is 394 g/mol. The SMILES string of the molecule is Cl.Cl.Clc1ccc(Br)cc1[C@H](CC1CC1)N1CCNCC1. The van der Waals surface area contributed by atoms with E-state index in [1.54, 1.807) is 0 Å². The first-order chi connectivity index (χ1) is 9.24. The van der Waals surface area contributed by atoms with Crippen molar-refractivity contribution >= 4 is 52.3 Å². The maximum Gasteiger partial charge on any atom is 0.0454 e. The van der Waals surface area contributed by atoms with Gasteiger partial charge in [-0.25, -0.2) is 0 Å². The highest BCUT2D eigenvalue weighted by atomic mass is 79.9. The van der Waals surface area contributed by atoms with Gasteiger partial charge in [0, 0.05) is 41.7 Å². The summed E-state index contributed by atoms with van der Waals surface area (Å²) in [6.07, 6.45) is 4.05. The third-order valence-corrected chi connectivity index (χ3v) is 5.00. The second-order valence-electron chi connectivity index (χ2n) is 5.65. The monoisotopic (exact) mass is 414 g/mol. The normalized spacial score (nSPS) is 20.3. The minimum atomic E-state index is 0. The average molecular weight is 417 g/mol. The van der Waals surface area contributed by atoms with Crippen LogP contribution in [0.3, 0.4) is 0 Å². The molecule has 1 atom stereocenters. The van der Waals surface area contributed by atoms with E-state index < -0.39 is 0 Å². The molecule has 1 N–H and O–H groups in total. The Morgan fingerprint density at radius 1 is 1.24 bits per heavy atom. The summed E-state index contributed by atoms with van der Waals surface area (Å²) < 4.78 is 1.13. The van der Waals surface area contributed by atoms with Crippen molar-refractivity contribution in [3.8, 4) is 0 Å². The number of benzene rings is 1. The maximum absolute atomic E-state index is 6.45. The molecule has 1 aromatic rings. The topological polar surface area (TPSA) is 15.3 Å². The van der Waals surface area contributed by atoms with Gasteiger partial charge in [-0.1, -0.05) is 40.4 Å². The van der Waals surface area contributed by atoms with Gasteiger partial charge in [-0.3, -0.25) is 4.90 Å². The van der Waals surface area contributed by atoms with Crippen LogP contribution in [0.25, 0.3) is 0 Å². The number of nitrogens with zero attached hydrogens (tertiary/aromatic N) is 1. The molecule has 0 unspecified atom stereocenters. The Morgan fingerprint density at radius 3 is 2.52 bits per heavy atom. The summed E-state index contributed by atoms with van der Waals surface area (Å²) in [6, 6.07) is 6.73. The van der Waals surface area contributed by atoms with Crippen LogP contribution in [0.4, 0.5) is 0 Å². The summed E-state index contributed by atoms with van der Waals surface area (Å²) >= 11 is 10.0. The highest BCUT2D eigenvalue weighted by molar-refractivity contribution is 9.10. The van der Waals surface area contributed by atoms with E-state index in [1.807, 2.05) is 12.1 Å². The standard InChI is InChI=1S/C15H20BrClN2.2ClH/c16-12-3-4-14(17)13(10-12)15(9-11-1-2-11)19-7-5-18-6-8-19;;/h3-4,10-11,15,18H,1-2,5-9H2;2*1H/t15-;;/m0../s1. The van der Waals surface area contributed by atoms with Crippen LogP contribution in [-0.4, -0.2) is 31.1 Å². The first-order valence-electron chi connectivity index (χ1n) is 7.14. The molecular formula is C15H22BrCl3N2. The van der Waals surface area contributed by atoms with Crippen molar-refractivity contribution in [2.24, 2.45) is 5.92 Å². The molecule has 1 aliphatic carbocycles. The van der Waals surface area contributed by atoms with Crippen molar-refractivity contribution in [1.29, 1.82) is 0 Å². The second kappa shape index (κ2) is 8.95. The molecule has 1 saturated carbocycles. The lowest BCUT2D eigenvalue weighted by molar-refractivity contribution is 0.160. The Hall–Kier alpha value is 0.490. The highest BCUT2D eigenvalue weighted by Crippen LogP contribution is 2.42. The van der Waals surface area contributed by atoms with Gasteiger partial charge in [0.25, 0.3) is 0 Å². The first kappa shape index (κ1) is 19.5. The zero-order valence-corrected chi connectivity index (χ0v) is 15.8. The minimum Gasteiger partial charge on any atom is -0.314 e. The zero-order valence-electron chi connectivity index (χ0n) is 11.9. The molecule has 21 heavy (non-hydrogen) atoms. The average Bonchev–Trinajstić information content (AvgIpc) is 3.24. The van der Waals surface area contributed by atoms with Gasteiger partial charge in [-0.15, -0.1) is 24.8 Å². The van der Waals surface area contributed by atoms with Crippen molar-refractivity contribution in [3.05, 3.63) is 33.3 Å². The predicted molar refractivity (Wildman–Crippen MR) is 98.2 cm³/mol. The van der Waals surface area contributed by atoms with Gasteiger partial charge in [0.1, 0.15) is 0 Å². The molecule has 0 amide bonds. The van der Waals surface area contributed by atoms with Crippen LogP contribution in [-0.2, 0) is 0 Å². The summed E-state index contributed by atoms with van der Waals surface area (Å²) in [6.45, 7) is 4.43. The lowest BCUT2D eigenvalue weighted by Gasteiger charge is -2.36. The molecule has 120 valence electrons. The fourth-order valence-electron chi connectivity index (χ4n) is 2.91. The van der Waals surface area contributed by atoms with Crippen molar-refractivity contribution in [2.45, 2.75) is 25.3 Å². The summed E-state index contributed by atoms with van der Waals surface area (Å²) in [5.74, 6) is 0.912. The molecule has 1 heterocycles. The van der Waals surface area contributed by atoms with Crippen LogP contribution < -0.4 is 5.32 Å². The molecule has 1 aromatic carbocycles. The Morgan fingerprint density at radius 2 is 1.90 bits per heavy atom. The van der Waals surface area contributed by atoms with E-state index in [0.29, 0.717) is 6.04 Å². The second-order valence-corrected chi connectivity index (χ2v) is 6.97. The number of hydrogen-bond acceptors (Lipinski definition) is 2. The quantitative estimate of drug-likeness (QED) is 0.766. The smallest absolute Gasteiger partial charge is 0.0454 e. The van der Waals surface area contributed by atoms with E-state index in [0.717, 1.165) is 41.6 Å². The molecule has 1 aliphatic heterocycles. The van der Waals surface area contributed by atoms with Crippen molar-refractivity contribution in [1.82, 2.24) is 10.2 Å². The van der Waals surface area contributed by atoms with E-state index in [-0.39, 0.29) is 24.8 Å². The van der Waals surface area contributed by atoms with Crippen LogP contribution in [0.15, 0.2) is 22.7 Å². The Kier molecular flexibility index (Phi) is 8.33. The van der Waals surface area contributed by atoms with Gasteiger partial charge in [0.2, 0.25) is 0 Å². The van der Waals surface area contributed by atoms with Crippen molar-refractivity contribution < 1.29 is 0 Å². The molecule has 6 heteroatoms. The molecule has 2 nitrogen and oxygen atoms in total. The molecule has 2 aliphatic rings. The summed E-state index contributed by atoms with van der Waals surface area (Å²) in [7, 11) is 0. The third kappa shape index (κ3) is 5.26. The minimum absolute atomic E-state index is 0. The molecule has 0 aromatic heterocycles. The number of rotatable bonds is 4. The molecule has 1 saturated heterocycles. The number of halogens is 4. The maximum atomic E-state index is 6.45. The fraction of sp³-hybridized carbons (Fsp3) is 0.600. The van der Waals surface area contributed by atoms with E-state index in [1.165, 1.54) is 24.8 Å². The Balaban J connectivity index is 0.00000110. The summed E-state index contributed by atoms with van der Waals surface area (Å²) in [5, 5.41) is 4.34. The lowest BCUT2D eigenvalue weighted by atomic mass is 9.98. The summed E-state index contributed by atoms with van der Waals surface area (Å²) in [4.78, 5) is 2.60. The van der Waals surface area contributed by atoms with E-state index in [2.05, 4.69) is 32.2 Å². The fourth-order valence-corrected chi connectivity index (χ4v) is 3.53. The molecule has 0 radical (unpaired) electrons. The molecule has 0 spiro atoms. The summed E-state index contributed by atoms with van der Waals surface area (Å²) in [5.41, 5.74) is 1.30. The van der Waals surface area contributed by atoms with Crippen LogP contribution in [0.5, 0.6) is 0 Å². The van der Waals surface area contributed by atoms with Gasteiger partial charge >= 0.3 is 0 Å². The molecule has 2 fully saturated rings. The van der Waals surface area contributed by atoms with Gasteiger partial charge in [-0.05, 0) is 36.1 Å². The third-order valence-electron chi connectivity index (χ3n) is 4.16. The lowest BCUT2D eigenvalue weighted by Crippen LogP contribution is -2.45. The van der Waals surface area contributed by atoms with Gasteiger partial charge in [0.05, 0.1) is 0 Å². The predicted octanol–water partition coefficient (Wildman–Crippen LogP) is 4.69. The van der Waals surface area contributed by atoms with Crippen LogP contribution in [0.2, 0.25) is 5.02 Å². The molecule has 3 rings (SSSR count). The van der Waals surface area contributed by atoms with Crippen LogP contribution in [0, 0.1) is 5.92 Å². The van der Waals surface area contributed by atoms with Crippen LogP contribution >= 0.6 is 52.3 Å². The van der Waals surface area contributed by atoms with Crippen molar-refractivity contribution in [2.75, 3.05) is 26.2 Å². The van der Waals surface area contributed by atoms with Crippen LogP contribution in [0.1, 0.15) is 30.9 Å². The Bertz CT molecular complexity index is 449. The van der Waals surface area contributed by atoms with Gasteiger partial charge < -0.3 is 5.32 Å². The van der Waals surface area contributed by atoms with Crippen molar-refractivity contribution in [3.63, 3.8) is 0 Å². The Labute approximate surface area is 152 Å². The largest absolute Gasteiger partial charge is 0.314 e. The first-order valence-corrected chi connectivity index (χ1v) is 8.31. The van der Waals surface area contributed by atoms with Gasteiger partial charge in [-0.2, -0.15) is 0 Å². The van der Waals surface area contributed by atoms with E-state index in [9.17, 15) is 0 Å². The van der Waals surface area contributed by atoms with E-state index >= 15 is 0 Å². The number of nitrogens with one attached hydrogen (secondary N) is 1. The van der Waals surface area contributed by atoms with Gasteiger partial charge in [0.15, 0.2) is 0 Å². The molecule has 0 bridgehead atoms. The zero-order chi connectivity index (χ0) is 13.2. The van der Waals surface area contributed by atoms with E-state index in [4.69, 9.17) is 11.6 Å². The highest BCUT2D eigenvalue weighted by Gasteiger charge is 2.31. The number of hydrogen-bond donors (Lipinski definition) is 1.